The average molecular weight is 503 g/mol. The van der Waals surface area contributed by atoms with Crippen LogP contribution in [0.1, 0.15) is 50.6 Å². The van der Waals surface area contributed by atoms with Crippen LogP contribution in [0.5, 0.6) is 0 Å². The Morgan fingerprint density at radius 2 is 1.92 bits per heavy atom. The lowest BCUT2D eigenvalue weighted by atomic mass is 9.71. The van der Waals surface area contributed by atoms with E-state index in [9.17, 15) is 27.6 Å². The van der Waals surface area contributed by atoms with Gasteiger partial charge in [0.15, 0.2) is 5.82 Å². The summed E-state index contributed by atoms with van der Waals surface area (Å²) in [7, 11) is 1.27. The number of hydrogen-bond acceptors (Lipinski definition) is 6. The Morgan fingerprint density at radius 1 is 1.22 bits per heavy atom. The number of H-pyrrole nitrogens is 1. The van der Waals surface area contributed by atoms with Gasteiger partial charge in [0.2, 0.25) is 0 Å². The molecule has 1 aliphatic carbocycles. The monoisotopic (exact) mass is 503 g/mol. The van der Waals surface area contributed by atoms with Crippen molar-refractivity contribution in [3.8, 4) is 6.07 Å². The van der Waals surface area contributed by atoms with E-state index in [0.717, 1.165) is 29.0 Å². The van der Waals surface area contributed by atoms with Gasteiger partial charge >= 0.3 is 0 Å². The summed E-state index contributed by atoms with van der Waals surface area (Å²) in [5, 5.41) is 23.0. The van der Waals surface area contributed by atoms with Crippen LogP contribution in [0.25, 0.3) is 0 Å². The highest BCUT2D eigenvalue weighted by Gasteiger charge is 2.60. The standard InChI is InChI=1S/C22H17F4N7O3/c1-10-15(18(34)20(36)30-21(8-22(25,26)9-21)14-7-28-32-31-14)16(24)17(33(10)2)19(35)29-12-3-4-13(23)11(5-12)6-27/h3-5,7H,8-9H2,1-2H3,(H,29,35)(H,30,36)(H,28,31,32). The van der Waals surface area contributed by atoms with Crippen molar-refractivity contribution in [1.29, 1.82) is 5.26 Å². The second kappa shape index (κ2) is 8.59. The number of aromatic nitrogens is 4. The van der Waals surface area contributed by atoms with Crippen LogP contribution < -0.4 is 10.6 Å². The number of nitrogens with zero attached hydrogens (tertiary/aromatic N) is 4. The SMILES string of the molecule is Cc1c(C(=O)C(=O)NC2(c3cn[nH]n3)CC(F)(F)C2)c(F)c(C(=O)Nc2ccc(F)c(C#N)c2)n1C. The summed E-state index contributed by atoms with van der Waals surface area (Å²) in [6, 6.07) is 4.73. The second-order valence-electron chi connectivity index (χ2n) is 8.37. The van der Waals surface area contributed by atoms with Gasteiger partial charge < -0.3 is 15.2 Å². The van der Waals surface area contributed by atoms with Gasteiger partial charge in [-0.1, -0.05) is 0 Å². The minimum absolute atomic E-state index is 0.0118. The number of amides is 2. The first-order valence-corrected chi connectivity index (χ1v) is 10.4. The highest BCUT2D eigenvalue weighted by Crippen LogP contribution is 2.51. The highest BCUT2D eigenvalue weighted by atomic mass is 19.3. The predicted octanol–water partition coefficient (Wildman–Crippen LogP) is 2.48. The zero-order chi connectivity index (χ0) is 26.4. The number of carbonyl (C=O) groups is 3. The van der Waals surface area contributed by atoms with Crippen molar-refractivity contribution in [2.24, 2.45) is 7.05 Å². The maximum atomic E-state index is 15.3. The normalized spacial score (nSPS) is 15.5. The molecule has 1 aliphatic rings. The Hall–Kier alpha value is -4.54. The molecule has 1 fully saturated rings. The lowest BCUT2D eigenvalue weighted by Crippen LogP contribution is -2.61. The van der Waals surface area contributed by atoms with Crippen LogP contribution in [0.3, 0.4) is 0 Å². The minimum Gasteiger partial charge on any atom is -0.341 e. The van der Waals surface area contributed by atoms with Gasteiger partial charge in [-0.25, -0.2) is 17.6 Å². The van der Waals surface area contributed by atoms with E-state index < -0.39 is 64.8 Å². The van der Waals surface area contributed by atoms with Crippen LogP contribution in [0.2, 0.25) is 0 Å². The van der Waals surface area contributed by atoms with Gasteiger partial charge in [0, 0.05) is 31.3 Å². The van der Waals surface area contributed by atoms with Crippen LogP contribution >= 0.6 is 0 Å². The zero-order valence-electron chi connectivity index (χ0n) is 18.7. The van der Waals surface area contributed by atoms with E-state index in [-0.39, 0.29) is 22.6 Å². The first-order valence-electron chi connectivity index (χ1n) is 10.4. The Labute approximate surface area is 200 Å². The van der Waals surface area contributed by atoms with Gasteiger partial charge in [0.1, 0.15) is 23.3 Å². The number of alkyl halides is 2. The second-order valence-corrected chi connectivity index (χ2v) is 8.37. The first kappa shape index (κ1) is 24.6. The van der Waals surface area contributed by atoms with Crippen LogP contribution in [0.4, 0.5) is 23.2 Å². The Balaban J connectivity index is 1.60. The largest absolute Gasteiger partial charge is 0.341 e. The number of hydrogen-bond donors (Lipinski definition) is 3. The third-order valence-corrected chi connectivity index (χ3v) is 6.00. The maximum absolute atomic E-state index is 15.3. The molecule has 2 aromatic heterocycles. The molecule has 0 saturated heterocycles. The van der Waals surface area contributed by atoms with Crippen molar-refractivity contribution in [3.63, 3.8) is 0 Å². The van der Waals surface area contributed by atoms with E-state index in [4.69, 9.17) is 5.26 Å². The Bertz CT molecular complexity index is 1430. The van der Waals surface area contributed by atoms with Gasteiger partial charge in [-0.2, -0.15) is 20.7 Å². The summed E-state index contributed by atoms with van der Waals surface area (Å²) in [5.74, 6) is -9.03. The smallest absolute Gasteiger partial charge is 0.293 e. The number of ketones is 1. The predicted molar refractivity (Wildman–Crippen MR) is 114 cm³/mol. The van der Waals surface area contributed by atoms with E-state index in [1.165, 1.54) is 14.0 Å². The van der Waals surface area contributed by atoms with Crippen LogP contribution in [0.15, 0.2) is 24.4 Å². The number of nitrogens with one attached hydrogen (secondary N) is 3. The van der Waals surface area contributed by atoms with Gasteiger partial charge in [0.05, 0.1) is 22.9 Å². The molecule has 1 saturated carbocycles. The van der Waals surface area contributed by atoms with Crippen molar-refractivity contribution < 1.29 is 31.9 Å². The Kier molecular flexibility index (Phi) is 5.87. The number of rotatable bonds is 6. The summed E-state index contributed by atoms with van der Waals surface area (Å²) in [6.07, 6.45) is -0.542. The molecule has 1 aromatic carbocycles. The molecule has 36 heavy (non-hydrogen) atoms. The van der Waals surface area contributed by atoms with Crippen molar-refractivity contribution >= 4 is 23.3 Å². The molecule has 10 nitrogen and oxygen atoms in total. The molecule has 0 unspecified atom stereocenters. The molecule has 0 spiro atoms. The molecule has 3 aromatic rings. The quantitative estimate of drug-likeness (QED) is 0.268. The fourth-order valence-electron chi connectivity index (χ4n) is 4.14. The van der Waals surface area contributed by atoms with E-state index in [1.807, 2.05) is 0 Å². The lowest BCUT2D eigenvalue weighted by molar-refractivity contribution is -0.148. The number of benzene rings is 1. The van der Waals surface area contributed by atoms with Crippen molar-refractivity contribution in [2.75, 3.05) is 5.32 Å². The van der Waals surface area contributed by atoms with Gasteiger partial charge in [0.25, 0.3) is 23.5 Å². The average Bonchev–Trinajstić information content (AvgIpc) is 3.41. The van der Waals surface area contributed by atoms with Crippen molar-refractivity contribution in [1.82, 2.24) is 25.3 Å². The molecule has 0 bridgehead atoms. The van der Waals surface area contributed by atoms with E-state index in [1.54, 1.807) is 6.07 Å². The molecule has 3 N–H and O–H groups in total. The lowest BCUT2D eigenvalue weighted by Gasteiger charge is -2.46. The molecule has 14 heteroatoms. The Morgan fingerprint density at radius 3 is 2.50 bits per heavy atom. The van der Waals surface area contributed by atoms with Crippen LogP contribution in [-0.4, -0.2) is 43.5 Å². The van der Waals surface area contributed by atoms with E-state index in [0.29, 0.717) is 0 Å². The number of carbonyl (C=O) groups excluding carboxylic acids is 3. The molecule has 2 heterocycles. The molecule has 0 radical (unpaired) electrons. The van der Waals surface area contributed by atoms with E-state index >= 15 is 4.39 Å². The number of halogens is 4. The molecule has 0 atom stereocenters. The molecule has 4 rings (SSSR count). The van der Waals surface area contributed by atoms with E-state index in [2.05, 4.69) is 26.0 Å². The number of Topliss-reactive ketones (excluding diaryl/α,β-unsaturated/α-hetero) is 1. The summed E-state index contributed by atoms with van der Waals surface area (Å²) >= 11 is 0. The number of aromatic amines is 1. The number of anilines is 1. The van der Waals surface area contributed by atoms with Gasteiger partial charge in [-0.15, -0.1) is 0 Å². The fraction of sp³-hybridized carbons (Fsp3) is 0.273. The molecule has 0 aliphatic heterocycles. The summed E-state index contributed by atoms with van der Waals surface area (Å²) in [6.45, 7) is 1.29. The molecule has 186 valence electrons. The van der Waals surface area contributed by atoms with Crippen molar-refractivity contribution in [3.05, 3.63) is 64.2 Å². The first-order chi connectivity index (χ1) is 16.9. The maximum Gasteiger partial charge on any atom is 0.293 e. The topological polar surface area (TPSA) is 146 Å². The summed E-state index contributed by atoms with van der Waals surface area (Å²) in [5.41, 5.74) is -3.48. The highest BCUT2D eigenvalue weighted by molar-refractivity contribution is 6.43. The molecular formula is C22H17F4N7O3. The van der Waals surface area contributed by atoms with Gasteiger partial charge in [-0.05, 0) is 25.1 Å². The third kappa shape index (κ3) is 4.08. The minimum atomic E-state index is -3.11. The van der Waals surface area contributed by atoms with Crippen molar-refractivity contribution in [2.45, 2.75) is 31.2 Å². The molecular weight excluding hydrogens is 486 g/mol. The summed E-state index contributed by atoms with van der Waals surface area (Å²) < 4.78 is 57.2. The third-order valence-electron chi connectivity index (χ3n) is 6.00. The number of nitriles is 1. The van der Waals surface area contributed by atoms with Crippen LogP contribution in [0, 0.1) is 29.9 Å². The summed E-state index contributed by atoms with van der Waals surface area (Å²) in [4.78, 5) is 38.4. The van der Waals surface area contributed by atoms with Gasteiger partial charge in [-0.3, -0.25) is 14.4 Å². The molecule has 2 amide bonds. The zero-order valence-corrected chi connectivity index (χ0v) is 18.7. The fourth-order valence-corrected chi connectivity index (χ4v) is 4.14. The van der Waals surface area contributed by atoms with Crippen LogP contribution in [-0.2, 0) is 17.4 Å².